The number of halogens is 2. The second-order valence-electron chi connectivity index (χ2n) is 7.66. The Morgan fingerprint density at radius 1 is 1.03 bits per heavy atom. The van der Waals surface area contributed by atoms with Gasteiger partial charge >= 0.3 is 11.9 Å². The van der Waals surface area contributed by atoms with Gasteiger partial charge < -0.3 is 19.1 Å². The molecule has 0 unspecified atom stereocenters. The Hall–Kier alpha value is -3.43. The van der Waals surface area contributed by atoms with Gasteiger partial charge in [0.1, 0.15) is 4.47 Å². The van der Waals surface area contributed by atoms with E-state index in [1.165, 1.54) is 13.2 Å². The Morgan fingerprint density at radius 2 is 1.71 bits per heavy atom. The molecule has 0 N–H and O–H groups in total. The average Bonchev–Trinajstić information content (AvgIpc) is 3.22. The number of methoxy groups -OCH3 is 1. The third-order valence-electron chi connectivity index (χ3n) is 5.11. The minimum Gasteiger partial charge on any atom is -0.494 e. The molecule has 3 aromatic carbocycles. The normalized spacial score (nSPS) is 13.9. The lowest BCUT2D eigenvalue weighted by Crippen LogP contribution is -2.12. The fourth-order valence-electron chi connectivity index (χ4n) is 3.31. The second kappa shape index (κ2) is 10.5. The Balaban J connectivity index is 1.73. The first-order valence-corrected chi connectivity index (χ1v) is 12.0. The highest BCUT2D eigenvalue weighted by Crippen LogP contribution is 2.44. The minimum atomic E-state index is -0.608. The number of aliphatic imine (C=N–C) groups is 1. The van der Waals surface area contributed by atoms with Crippen molar-refractivity contribution in [3.63, 3.8) is 0 Å². The van der Waals surface area contributed by atoms with Crippen molar-refractivity contribution in [3.8, 4) is 11.5 Å². The summed E-state index contributed by atoms with van der Waals surface area (Å²) in [7, 11) is 5.33. The van der Waals surface area contributed by atoms with Crippen LogP contribution in [0.3, 0.4) is 0 Å². The smallest absolute Gasteiger partial charge is 0.363 e. The van der Waals surface area contributed by atoms with Crippen LogP contribution in [0.25, 0.3) is 6.08 Å². The van der Waals surface area contributed by atoms with Crippen LogP contribution < -0.4 is 14.4 Å². The van der Waals surface area contributed by atoms with Gasteiger partial charge in [0, 0.05) is 30.9 Å². The highest BCUT2D eigenvalue weighted by Gasteiger charge is 2.26. The molecule has 0 bridgehead atoms. The van der Waals surface area contributed by atoms with Crippen molar-refractivity contribution in [2.75, 3.05) is 26.1 Å². The molecule has 7 nitrogen and oxygen atoms in total. The summed E-state index contributed by atoms with van der Waals surface area (Å²) in [6, 6.07) is 17.8. The monoisotopic (exact) mass is 598 g/mol. The van der Waals surface area contributed by atoms with Crippen molar-refractivity contribution in [1.29, 1.82) is 0 Å². The fourth-order valence-corrected chi connectivity index (χ4v) is 4.87. The van der Waals surface area contributed by atoms with Crippen molar-refractivity contribution in [2.24, 2.45) is 4.99 Å². The maximum atomic E-state index is 13.0. The quantitative estimate of drug-likeness (QED) is 0.201. The first kappa shape index (κ1) is 24.7. The van der Waals surface area contributed by atoms with Crippen molar-refractivity contribution in [1.82, 2.24) is 0 Å². The first-order valence-electron chi connectivity index (χ1n) is 10.4. The van der Waals surface area contributed by atoms with E-state index in [4.69, 9.17) is 14.2 Å². The van der Waals surface area contributed by atoms with Crippen LogP contribution in [0.1, 0.15) is 21.5 Å². The van der Waals surface area contributed by atoms with E-state index >= 15 is 0 Å². The number of cyclic esters (lactones) is 1. The topological polar surface area (TPSA) is 77.4 Å². The number of benzene rings is 3. The van der Waals surface area contributed by atoms with E-state index in [9.17, 15) is 9.59 Å². The number of carbonyl (C=O) groups is 2. The van der Waals surface area contributed by atoms with Crippen LogP contribution in [0.2, 0.25) is 0 Å². The number of hydrogen-bond donors (Lipinski definition) is 0. The Labute approximate surface area is 219 Å². The van der Waals surface area contributed by atoms with Crippen molar-refractivity contribution < 1.29 is 23.8 Å². The lowest BCUT2D eigenvalue weighted by molar-refractivity contribution is -0.129. The Morgan fingerprint density at radius 3 is 2.34 bits per heavy atom. The number of ether oxygens (including phenoxy) is 3. The van der Waals surface area contributed by atoms with Gasteiger partial charge in [-0.05, 0) is 80.4 Å². The molecule has 35 heavy (non-hydrogen) atoms. The summed E-state index contributed by atoms with van der Waals surface area (Å²) >= 11 is 6.92. The van der Waals surface area contributed by atoms with E-state index < -0.39 is 11.9 Å². The molecule has 0 fully saturated rings. The predicted octanol–water partition coefficient (Wildman–Crippen LogP) is 5.85. The average molecular weight is 600 g/mol. The molecule has 9 heteroatoms. The highest BCUT2D eigenvalue weighted by molar-refractivity contribution is 9.11. The summed E-state index contributed by atoms with van der Waals surface area (Å²) in [4.78, 5) is 31.8. The molecule has 0 amide bonds. The molecule has 0 aromatic heterocycles. The number of anilines is 1. The standard InChI is InChI=1S/C26H20Br2N2O5/c1-30(2)18-11-9-16(10-12-18)25(31)34-22-17(13-19(27)23(33-3)21(22)28)14-20-26(32)35-24(29-20)15-7-5-4-6-8-15/h4-14H,1-3H3/b20-14-. The third-order valence-corrected chi connectivity index (χ3v) is 6.42. The molecule has 1 heterocycles. The largest absolute Gasteiger partial charge is 0.494 e. The van der Waals surface area contributed by atoms with Crippen LogP contribution in [0.4, 0.5) is 5.69 Å². The van der Waals surface area contributed by atoms with Crippen molar-refractivity contribution in [2.45, 2.75) is 0 Å². The SMILES string of the molecule is COc1c(Br)cc(/C=C2\N=C(c3ccccc3)OC2=O)c(OC(=O)c2ccc(N(C)C)cc2)c1Br. The van der Waals surface area contributed by atoms with Gasteiger partial charge in [-0.15, -0.1) is 0 Å². The summed E-state index contributed by atoms with van der Waals surface area (Å²) in [5, 5.41) is 0. The molecular weight excluding hydrogens is 580 g/mol. The van der Waals surface area contributed by atoms with E-state index in [1.807, 2.05) is 49.3 Å². The Kier molecular flexibility index (Phi) is 7.37. The van der Waals surface area contributed by atoms with Crippen molar-refractivity contribution >= 4 is 61.5 Å². The zero-order valence-corrected chi connectivity index (χ0v) is 22.2. The molecule has 1 aliphatic rings. The number of hydrogen-bond acceptors (Lipinski definition) is 7. The van der Waals surface area contributed by atoms with Crippen LogP contribution >= 0.6 is 31.9 Å². The Bertz CT molecular complexity index is 1350. The van der Waals surface area contributed by atoms with Crippen molar-refractivity contribution in [3.05, 3.63) is 92.0 Å². The number of esters is 2. The molecule has 0 spiro atoms. The number of nitrogens with zero attached hydrogens (tertiary/aromatic N) is 2. The molecule has 0 aliphatic carbocycles. The van der Waals surface area contributed by atoms with Gasteiger partial charge in [-0.2, -0.15) is 0 Å². The van der Waals surface area contributed by atoms with Gasteiger partial charge in [0.2, 0.25) is 5.90 Å². The lowest BCUT2D eigenvalue weighted by atomic mass is 10.1. The summed E-state index contributed by atoms with van der Waals surface area (Å²) < 4.78 is 17.5. The van der Waals surface area contributed by atoms with Crippen LogP contribution in [0, 0.1) is 0 Å². The molecule has 3 aromatic rings. The van der Waals surface area contributed by atoms with E-state index in [0.29, 0.717) is 31.4 Å². The van der Waals surface area contributed by atoms with Crippen LogP contribution in [0.15, 0.2) is 80.3 Å². The third kappa shape index (κ3) is 5.31. The first-order chi connectivity index (χ1) is 16.8. The predicted molar refractivity (Wildman–Crippen MR) is 141 cm³/mol. The summed E-state index contributed by atoms with van der Waals surface area (Å²) in [6.07, 6.45) is 1.50. The van der Waals surface area contributed by atoms with E-state index in [2.05, 4.69) is 36.9 Å². The molecule has 0 saturated carbocycles. The zero-order chi connectivity index (χ0) is 25.1. The lowest BCUT2D eigenvalue weighted by Gasteiger charge is -2.15. The molecule has 178 valence electrons. The van der Waals surface area contributed by atoms with Gasteiger partial charge in [-0.25, -0.2) is 14.6 Å². The fraction of sp³-hybridized carbons (Fsp3) is 0.115. The number of carbonyl (C=O) groups excluding carboxylic acids is 2. The molecule has 0 saturated heterocycles. The summed E-state index contributed by atoms with van der Waals surface area (Å²) in [5.41, 5.74) is 2.49. The molecule has 4 rings (SSSR count). The maximum absolute atomic E-state index is 13.0. The van der Waals surface area contributed by atoms with Gasteiger partial charge in [0.25, 0.3) is 0 Å². The van der Waals surface area contributed by atoms with Crippen LogP contribution in [-0.2, 0) is 9.53 Å². The van der Waals surface area contributed by atoms with E-state index in [1.54, 1.807) is 30.3 Å². The molecule has 1 aliphatic heterocycles. The highest BCUT2D eigenvalue weighted by atomic mass is 79.9. The van der Waals surface area contributed by atoms with Gasteiger partial charge in [-0.3, -0.25) is 0 Å². The van der Waals surface area contributed by atoms with Gasteiger partial charge in [0.15, 0.2) is 17.2 Å². The summed E-state index contributed by atoms with van der Waals surface area (Å²) in [5.74, 6) is -0.366. The minimum absolute atomic E-state index is 0.0699. The second-order valence-corrected chi connectivity index (χ2v) is 9.30. The maximum Gasteiger partial charge on any atom is 0.363 e. The van der Waals surface area contributed by atoms with Gasteiger partial charge in [0.05, 0.1) is 17.1 Å². The van der Waals surface area contributed by atoms with Crippen LogP contribution in [0.5, 0.6) is 11.5 Å². The molecule has 0 atom stereocenters. The molecule has 0 radical (unpaired) electrons. The molecular formula is C26H20Br2N2O5. The van der Waals surface area contributed by atoms with Crippen LogP contribution in [-0.4, -0.2) is 39.0 Å². The zero-order valence-electron chi connectivity index (χ0n) is 19.0. The van der Waals surface area contributed by atoms with E-state index in [-0.39, 0.29) is 17.3 Å². The summed E-state index contributed by atoms with van der Waals surface area (Å²) in [6.45, 7) is 0. The number of rotatable bonds is 6. The van der Waals surface area contributed by atoms with E-state index in [0.717, 1.165) is 5.69 Å². The van der Waals surface area contributed by atoms with Gasteiger partial charge in [-0.1, -0.05) is 18.2 Å².